The van der Waals surface area contributed by atoms with Crippen LogP contribution in [0.25, 0.3) is 0 Å². The quantitative estimate of drug-likeness (QED) is 0.884. The Hall–Kier alpha value is -2.13. The van der Waals surface area contributed by atoms with Crippen LogP contribution in [0.2, 0.25) is 0 Å². The van der Waals surface area contributed by atoms with Crippen molar-refractivity contribution in [2.45, 2.75) is 40.7 Å². The molecule has 0 aromatic heterocycles. The van der Waals surface area contributed by atoms with Crippen LogP contribution in [-0.4, -0.2) is 11.0 Å². The summed E-state index contributed by atoms with van der Waals surface area (Å²) in [5.41, 5.74) is 3.94. The molecule has 0 aliphatic rings. The number of para-hydroxylation sites is 1. The molecule has 122 valence electrons. The number of hydrogen-bond donors (Lipinski definition) is 2. The maximum atomic E-state index is 12.3. The third-order valence-corrected chi connectivity index (χ3v) is 4.13. The Morgan fingerprint density at radius 2 is 1.61 bits per heavy atom. The van der Waals surface area contributed by atoms with Crippen LogP contribution in [-0.2, 0) is 4.79 Å². The summed E-state index contributed by atoms with van der Waals surface area (Å²) in [4.78, 5) is 12.3. The van der Waals surface area contributed by atoms with E-state index < -0.39 is 11.5 Å². The Bertz CT molecular complexity index is 714. The van der Waals surface area contributed by atoms with Gasteiger partial charge in [-0.2, -0.15) is 0 Å². The molecule has 0 saturated carbocycles. The van der Waals surface area contributed by atoms with Gasteiger partial charge in [-0.15, -0.1) is 0 Å². The Morgan fingerprint density at radius 1 is 1.00 bits per heavy atom. The van der Waals surface area contributed by atoms with Gasteiger partial charge in [-0.3, -0.25) is 4.79 Å². The molecular formula is C20H25NO2. The summed E-state index contributed by atoms with van der Waals surface area (Å²) in [6, 6.07) is 13.3. The van der Waals surface area contributed by atoms with E-state index in [1.165, 1.54) is 0 Å². The highest BCUT2D eigenvalue weighted by atomic mass is 16.3. The fourth-order valence-electron chi connectivity index (χ4n) is 2.40. The van der Waals surface area contributed by atoms with Gasteiger partial charge in [-0.05, 0) is 36.6 Å². The smallest absolute Gasteiger partial charge is 0.229 e. The number of aryl methyl sites for hydroxylation is 1. The van der Waals surface area contributed by atoms with E-state index in [2.05, 4.69) is 5.32 Å². The highest BCUT2D eigenvalue weighted by Crippen LogP contribution is 2.31. The number of anilines is 1. The Labute approximate surface area is 138 Å². The summed E-state index contributed by atoms with van der Waals surface area (Å²) in [6.45, 7) is 9.63. The first-order chi connectivity index (χ1) is 10.7. The average molecular weight is 311 g/mol. The van der Waals surface area contributed by atoms with Crippen molar-refractivity contribution in [1.29, 1.82) is 0 Å². The van der Waals surface area contributed by atoms with Crippen molar-refractivity contribution in [2.24, 2.45) is 5.41 Å². The summed E-state index contributed by atoms with van der Waals surface area (Å²) < 4.78 is 0. The molecule has 0 aliphatic carbocycles. The minimum Gasteiger partial charge on any atom is -0.384 e. The molecular weight excluding hydrogens is 286 g/mol. The molecule has 2 aromatic carbocycles. The van der Waals surface area contributed by atoms with Crippen LogP contribution in [0.3, 0.4) is 0 Å². The van der Waals surface area contributed by atoms with Crippen LogP contribution in [0.5, 0.6) is 0 Å². The molecule has 1 atom stereocenters. The van der Waals surface area contributed by atoms with Crippen molar-refractivity contribution < 1.29 is 9.90 Å². The van der Waals surface area contributed by atoms with E-state index >= 15 is 0 Å². The van der Waals surface area contributed by atoms with Crippen LogP contribution in [0.15, 0.2) is 42.5 Å². The molecule has 0 fully saturated rings. The zero-order valence-electron chi connectivity index (χ0n) is 14.5. The average Bonchev–Trinajstić information content (AvgIpc) is 2.49. The summed E-state index contributed by atoms with van der Waals surface area (Å²) in [7, 11) is 0. The zero-order chi connectivity index (χ0) is 17.2. The molecule has 1 amide bonds. The molecule has 3 heteroatoms. The molecule has 0 aliphatic heterocycles. The van der Waals surface area contributed by atoms with Gasteiger partial charge in [0.15, 0.2) is 0 Å². The number of aliphatic hydroxyl groups excluding tert-OH is 1. The molecule has 0 bridgehead atoms. The Balaban J connectivity index is 2.40. The van der Waals surface area contributed by atoms with Crippen LogP contribution >= 0.6 is 0 Å². The van der Waals surface area contributed by atoms with Crippen molar-refractivity contribution in [3.05, 3.63) is 64.7 Å². The topological polar surface area (TPSA) is 49.3 Å². The maximum absolute atomic E-state index is 12.3. The fourth-order valence-corrected chi connectivity index (χ4v) is 2.40. The number of amides is 1. The molecule has 0 saturated heterocycles. The first-order valence-corrected chi connectivity index (χ1v) is 7.86. The number of nitrogens with one attached hydrogen (secondary N) is 1. The SMILES string of the molecule is Cc1cccc(C(O)c2ccccc2NC(=O)C(C)(C)C)c1C. The lowest BCUT2D eigenvalue weighted by molar-refractivity contribution is -0.123. The van der Waals surface area contributed by atoms with Crippen molar-refractivity contribution in [3.63, 3.8) is 0 Å². The summed E-state index contributed by atoms with van der Waals surface area (Å²) >= 11 is 0. The monoisotopic (exact) mass is 311 g/mol. The van der Waals surface area contributed by atoms with Gasteiger partial charge in [-0.25, -0.2) is 0 Å². The van der Waals surface area contributed by atoms with E-state index in [1.807, 2.05) is 77.1 Å². The molecule has 3 nitrogen and oxygen atoms in total. The van der Waals surface area contributed by atoms with Crippen LogP contribution in [0, 0.1) is 19.3 Å². The molecule has 2 rings (SSSR count). The second-order valence-corrected chi connectivity index (χ2v) is 6.98. The van der Waals surface area contributed by atoms with Crippen LogP contribution < -0.4 is 5.32 Å². The lowest BCUT2D eigenvalue weighted by atomic mass is 9.92. The molecule has 1 unspecified atom stereocenters. The van der Waals surface area contributed by atoms with E-state index in [1.54, 1.807) is 0 Å². The standard InChI is InChI=1S/C20H25NO2/c1-13-9-8-11-15(14(13)2)18(22)16-10-6-7-12-17(16)21-19(23)20(3,4)5/h6-12,18,22H,1-5H3,(H,21,23). The van der Waals surface area contributed by atoms with Crippen molar-refractivity contribution in [2.75, 3.05) is 5.32 Å². The zero-order valence-corrected chi connectivity index (χ0v) is 14.5. The van der Waals surface area contributed by atoms with Crippen molar-refractivity contribution in [1.82, 2.24) is 0 Å². The number of rotatable bonds is 3. The fraction of sp³-hybridized carbons (Fsp3) is 0.350. The van der Waals surface area contributed by atoms with Gasteiger partial charge in [0.25, 0.3) is 0 Å². The lowest BCUT2D eigenvalue weighted by Gasteiger charge is -2.22. The summed E-state index contributed by atoms with van der Waals surface area (Å²) in [5.74, 6) is -0.0712. The number of hydrogen-bond acceptors (Lipinski definition) is 2. The van der Waals surface area contributed by atoms with Gasteiger partial charge in [0, 0.05) is 16.7 Å². The van der Waals surface area contributed by atoms with E-state index in [0.717, 1.165) is 16.7 Å². The minimum absolute atomic E-state index is 0.0712. The van der Waals surface area contributed by atoms with E-state index in [4.69, 9.17) is 0 Å². The molecule has 0 spiro atoms. The van der Waals surface area contributed by atoms with E-state index in [0.29, 0.717) is 11.3 Å². The minimum atomic E-state index is -0.772. The first kappa shape index (κ1) is 17.2. The third kappa shape index (κ3) is 3.80. The molecule has 2 N–H and O–H groups in total. The van der Waals surface area contributed by atoms with Crippen LogP contribution in [0.1, 0.15) is 49.1 Å². The lowest BCUT2D eigenvalue weighted by Crippen LogP contribution is -2.28. The predicted octanol–water partition coefficient (Wildman–Crippen LogP) is 4.37. The summed E-state index contributed by atoms with van der Waals surface area (Å²) in [6.07, 6.45) is -0.772. The molecule has 0 radical (unpaired) electrons. The highest BCUT2D eigenvalue weighted by Gasteiger charge is 2.24. The summed E-state index contributed by atoms with van der Waals surface area (Å²) in [5, 5.41) is 13.8. The van der Waals surface area contributed by atoms with Gasteiger partial charge in [-0.1, -0.05) is 57.2 Å². The van der Waals surface area contributed by atoms with Gasteiger partial charge in [0.1, 0.15) is 6.10 Å². The predicted molar refractivity (Wildman–Crippen MR) is 94.5 cm³/mol. The third-order valence-electron chi connectivity index (χ3n) is 4.13. The number of aliphatic hydroxyl groups is 1. The van der Waals surface area contributed by atoms with Crippen LogP contribution in [0.4, 0.5) is 5.69 Å². The Morgan fingerprint density at radius 3 is 2.26 bits per heavy atom. The molecule has 0 heterocycles. The molecule has 23 heavy (non-hydrogen) atoms. The van der Waals surface area contributed by atoms with E-state index in [9.17, 15) is 9.90 Å². The second kappa shape index (κ2) is 6.55. The Kier molecular flexibility index (Phi) is 4.90. The normalized spacial score (nSPS) is 12.8. The number of carbonyl (C=O) groups excluding carboxylic acids is 1. The van der Waals surface area contributed by atoms with Gasteiger partial charge < -0.3 is 10.4 Å². The number of benzene rings is 2. The van der Waals surface area contributed by atoms with Gasteiger partial charge in [0.2, 0.25) is 5.91 Å². The second-order valence-electron chi connectivity index (χ2n) is 6.98. The largest absolute Gasteiger partial charge is 0.384 e. The number of carbonyl (C=O) groups is 1. The van der Waals surface area contributed by atoms with Gasteiger partial charge >= 0.3 is 0 Å². The highest BCUT2D eigenvalue weighted by molar-refractivity contribution is 5.95. The van der Waals surface area contributed by atoms with Crippen molar-refractivity contribution in [3.8, 4) is 0 Å². The van der Waals surface area contributed by atoms with Crippen molar-refractivity contribution >= 4 is 11.6 Å². The van der Waals surface area contributed by atoms with E-state index in [-0.39, 0.29) is 5.91 Å². The van der Waals surface area contributed by atoms with Gasteiger partial charge in [0.05, 0.1) is 0 Å². The first-order valence-electron chi connectivity index (χ1n) is 7.86. The maximum Gasteiger partial charge on any atom is 0.229 e. The molecule has 2 aromatic rings.